The minimum Gasteiger partial charge on any atom is -0.273 e. The zero-order chi connectivity index (χ0) is 9.19. The van der Waals surface area contributed by atoms with Gasteiger partial charge in [-0.1, -0.05) is 24.3 Å². The molecule has 0 spiro atoms. The minimum absolute atomic E-state index is 0. The van der Waals surface area contributed by atoms with Gasteiger partial charge in [0.05, 0.1) is 0 Å². The van der Waals surface area contributed by atoms with E-state index in [-0.39, 0.29) is 16.8 Å². The summed E-state index contributed by atoms with van der Waals surface area (Å²) >= 11 is 0. The zero-order valence-corrected chi connectivity index (χ0v) is 9.45. The Kier molecular flexibility index (Phi) is 10.1. The summed E-state index contributed by atoms with van der Waals surface area (Å²) in [6.07, 6.45) is 24.0. The number of hydrogen-bond donors (Lipinski definition) is 0. The van der Waals surface area contributed by atoms with E-state index in [1.165, 1.54) is 25.7 Å². The van der Waals surface area contributed by atoms with Gasteiger partial charge in [0.2, 0.25) is 0 Å². The Balaban J connectivity index is 0.000000246. The van der Waals surface area contributed by atoms with Crippen molar-refractivity contribution in [2.24, 2.45) is 0 Å². The fourth-order valence-corrected chi connectivity index (χ4v) is 1.21. The quantitative estimate of drug-likeness (QED) is 0.554. The molecule has 0 atom stereocenters. The van der Waals surface area contributed by atoms with Crippen molar-refractivity contribution >= 4 is 0 Å². The Morgan fingerprint density at radius 2 is 1.43 bits per heavy atom. The summed E-state index contributed by atoms with van der Waals surface area (Å²) in [5.41, 5.74) is 0. The van der Waals surface area contributed by atoms with Crippen molar-refractivity contribution in [2.45, 2.75) is 32.1 Å². The van der Waals surface area contributed by atoms with Gasteiger partial charge in [0.15, 0.2) is 0 Å². The van der Waals surface area contributed by atoms with Crippen LogP contribution >= 0.6 is 0 Å². The van der Waals surface area contributed by atoms with Crippen LogP contribution in [-0.4, -0.2) is 0 Å². The molecule has 0 aliphatic heterocycles. The Morgan fingerprint density at radius 1 is 0.786 bits per heavy atom. The van der Waals surface area contributed by atoms with Gasteiger partial charge in [-0.3, -0.25) is 6.08 Å². The van der Waals surface area contributed by atoms with Crippen LogP contribution in [0, 0.1) is 6.08 Å². The summed E-state index contributed by atoms with van der Waals surface area (Å²) in [6.45, 7) is 0. The van der Waals surface area contributed by atoms with Crippen LogP contribution in [-0.2, 0) is 16.8 Å². The molecular weight excluding hydrogens is 215 g/mol. The molecule has 14 heavy (non-hydrogen) atoms. The second-order valence-electron chi connectivity index (χ2n) is 3.14. The van der Waals surface area contributed by atoms with Crippen LogP contribution in [0.4, 0.5) is 0 Å². The van der Waals surface area contributed by atoms with E-state index in [2.05, 4.69) is 36.5 Å². The van der Waals surface area contributed by atoms with E-state index >= 15 is 0 Å². The molecule has 2 aliphatic rings. The fraction of sp³-hybridized carbons (Fsp3) is 0.385. The topological polar surface area (TPSA) is 0 Å². The molecule has 0 saturated heterocycles. The summed E-state index contributed by atoms with van der Waals surface area (Å²) in [7, 11) is 0. The van der Waals surface area contributed by atoms with E-state index in [0.29, 0.717) is 0 Å². The number of allylic oxidation sites excluding steroid dienone is 8. The van der Waals surface area contributed by atoms with Crippen LogP contribution in [0.3, 0.4) is 0 Å². The van der Waals surface area contributed by atoms with Crippen molar-refractivity contribution in [3.05, 3.63) is 48.6 Å². The van der Waals surface area contributed by atoms with Crippen LogP contribution < -0.4 is 0 Å². The molecule has 1 radical (unpaired) electrons. The first-order chi connectivity index (χ1) is 6.50. The van der Waals surface area contributed by atoms with Crippen LogP contribution in [0.15, 0.2) is 42.5 Å². The maximum absolute atomic E-state index is 2.99. The normalized spacial score (nSPS) is 17.7. The third-order valence-electron chi connectivity index (χ3n) is 1.96. The molecule has 0 unspecified atom stereocenters. The molecule has 0 fully saturated rings. The van der Waals surface area contributed by atoms with Gasteiger partial charge >= 0.3 is 0 Å². The summed E-state index contributed by atoms with van der Waals surface area (Å²) in [6, 6.07) is 0. The first-order valence-electron chi connectivity index (χ1n) is 5.03. The van der Waals surface area contributed by atoms with Crippen molar-refractivity contribution in [3.8, 4) is 0 Å². The molecule has 0 saturated carbocycles. The molecule has 0 amide bonds. The molecule has 0 aromatic heterocycles. The van der Waals surface area contributed by atoms with E-state index in [9.17, 15) is 0 Å². The summed E-state index contributed by atoms with van der Waals surface area (Å²) in [5.74, 6) is 0. The van der Waals surface area contributed by atoms with Crippen LogP contribution in [0.5, 0.6) is 0 Å². The van der Waals surface area contributed by atoms with Crippen molar-refractivity contribution in [3.63, 3.8) is 0 Å². The second kappa shape index (κ2) is 10.5. The minimum atomic E-state index is 0. The standard InChI is InChI=1S/C8H12.C5H5.Co/c1-2-4-6-8-7-5-3-1;1-2-4-5-3-1;/h1-4H,5-8H2;1-3H,4H2;/q;-1;. The summed E-state index contributed by atoms with van der Waals surface area (Å²) in [5, 5.41) is 0. The number of hydrogen-bond acceptors (Lipinski definition) is 0. The molecule has 0 heterocycles. The van der Waals surface area contributed by atoms with Crippen molar-refractivity contribution in [1.29, 1.82) is 0 Å². The van der Waals surface area contributed by atoms with Gasteiger partial charge in [0.25, 0.3) is 0 Å². The monoisotopic (exact) mass is 232 g/mol. The van der Waals surface area contributed by atoms with E-state index in [0.717, 1.165) is 6.42 Å². The molecule has 0 N–H and O–H groups in total. The number of rotatable bonds is 0. The SMILES string of the molecule is C1=CCCCCC=C1.[C-]1=CC=CC1.[Co]. The van der Waals surface area contributed by atoms with Crippen LogP contribution in [0.1, 0.15) is 32.1 Å². The predicted octanol–water partition coefficient (Wildman–Crippen LogP) is 3.98. The molecule has 79 valence electrons. The molecule has 0 aromatic rings. The van der Waals surface area contributed by atoms with Gasteiger partial charge in [-0.05, 0) is 25.7 Å². The van der Waals surface area contributed by atoms with E-state index in [1.54, 1.807) is 0 Å². The van der Waals surface area contributed by atoms with Gasteiger partial charge in [0, 0.05) is 16.8 Å². The first-order valence-corrected chi connectivity index (χ1v) is 5.03. The molecular formula is C13H17Co-. The average Bonchev–Trinajstić information content (AvgIpc) is 2.58. The maximum Gasteiger partial charge on any atom is 0 e. The molecule has 2 rings (SSSR count). The zero-order valence-electron chi connectivity index (χ0n) is 8.41. The third kappa shape index (κ3) is 8.08. The van der Waals surface area contributed by atoms with Gasteiger partial charge in [-0.25, -0.2) is 12.2 Å². The smallest absolute Gasteiger partial charge is 0 e. The third-order valence-corrected chi connectivity index (χ3v) is 1.96. The Hall–Kier alpha value is -0.534. The molecule has 0 aromatic carbocycles. The largest absolute Gasteiger partial charge is 0.273 e. The van der Waals surface area contributed by atoms with Crippen LogP contribution in [0.25, 0.3) is 0 Å². The van der Waals surface area contributed by atoms with Gasteiger partial charge < -0.3 is 0 Å². The average molecular weight is 232 g/mol. The Morgan fingerprint density at radius 3 is 1.79 bits per heavy atom. The summed E-state index contributed by atoms with van der Waals surface area (Å²) in [4.78, 5) is 0. The maximum atomic E-state index is 2.99. The molecule has 0 nitrogen and oxygen atoms in total. The van der Waals surface area contributed by atoms with Crippen molar-refractivity contribution in [1.82, 2.24) is 0 Å². The Bertz CT molecular complexity index is 197. The molecule has 2 aliphatic carbocycles. The van der Waals surface area contributed by atoms with E-state index < -0.39 is 0 Å². The van der Waals surface area contributed by atoms with Gasteiger partial charge in [0.1, 0.15) is 0 Å². The van der Waals surface area contributed by atoms with Gasteiger partial charge in [-0.15, -0.1) is 6.42 Å². The molecule has 0 bridgehead atoms. The predicted molar refractivity (Wildman–Crippen MR) is 58.3 cm³/mol. The molecule has 1 heteroatoms. The van der Waals surface area contributed by atoms with Crippen LogP contribution in [0.2, 0.25) is 0 Å². The second-order valence-corrected chi connectivity index (χ2v) is 3.14. The fourth-order valence-electron chi connectivity index (χ4n) is 1.21. The van der Waals surface area contributed by atoms with E-state index in [4.69, 9.17) is 0 Å². The van der Waals surface area contributed by atoms with Crippen molar-refractivity contribution < 1.29 is 16.8 Å². The Labute approximate surface area is 97.7 Å². The van der Waals surface area contributed by atoms with Crippen molar-refractivity contribution in [2.75, 3.05) is 0 Å². The summed E-state index contributed by atoms with van der Waals surface area (Å²) < 4.78 is 0. The first kappa shape index (κ1) is 13.5. The van der Waals surface area contributed by atoms with Gasteiger partial charge in [-0.2, -0.15) is 6.08 Å². The van der Waals surface area contributed by atoms with E-state index in [1.807, 2.05) is 12.2 Å².